The largest absolute Gasteiger partial charge is 0.481 e. The van der Waals surface area contributed by atoms with Crippen LogP contribution in [0, 0.1) is 0 Å². The van der Waals surface area contributed by atoms with Gasteiger partial charge in [0.2, 0.25) is 0 Å². The molecule has 1 unspecified atom stereocenters. The third-order valence-electron chi connectivity index (χ3n) is 4.65. The molecule has 1 aliphatic rings. The van der Waals surface area contributed by atoms with Gasteiger partial charge in [-0.1, -0.05) is 18.2 Å². The Morgan fingerprint density at radius 1 is 1.20 bits per heavy atom. The number of amides is 1. The van der Waals surface area contributed by atoms with E-state index in [2.05, 4.69) is 5.10 Å². The van der Waals surface area contributed by atoms with Crippen LogP contribution < -0.4 is 4.74 Å². The summed E-state index contributed by atoms with van der Waals surface area (Å²) in [4.78, 5) is 26.1. The molecule has 3 rings (SSSR count). The highest BCUT2D eigenvalue weighted by Gasteiger charge is 2.45. The molecule has 2 aromatic rings. The van der Waals surface area contributed by atoms with Gasteiger partial charge in [-0.3, -0.25) is 9.48 Å². The van der Waals surface area contributed by atoms with Gasteiger partial charge in [0.25, 0.3) is 5.91 Å². The Hall–Kier alpha value is -2.83. The van der Waals surface area contributed by atoms with Crippen molar-refractivity contribution in [1.29, 1.82) is 0 Å². The molecule has 2 heterocycles. The van der Waals surface area contributed by atoms with Gasteiger partial charge in [0.1, 0.15) is 5.75 Å². The topological polar surface area (TPSA) is 84.7 Å². The zero-order chi connectivity index (χ0) is 17.9. The van der Waals surface area contributed by atoms with Gasteiger partial charge in [-0.2, -0.15) is 5.10 Å². The van der Waals surface area contributed by atoms with E-state index in [4.69, 9.17) is 4.74 Å². The van der Waals surface area contributed by atoms with E-state index in [1.807, 2.05) is 18.2 Å². The van der Waals surface area contributed by atoms with Crippen molar-refractivity contribution < 1.29 is 19.4 Å². The van der Waals surface area contributed by atoms with E-state index < -0.39 is 17.6 Å². The number of nitrogens with zero attached hydrogens (tertiary/aromatic N) is 3. The van der Waals surface area contributed by atoms with Crippen molar-refractivity contribution in [2.45, 2.75) is 31.4 Å². The lowest BCUT2D eigenvalue weighted by atomic mass is 9.87. The highest BCUT2D eigenvalue weighted by Crippen LogP contribution is 2.30. The van der Waals surface area contributed by atoms with Crippen LogP contribution in [0.1, 0.15) is 19.8 Å². The molecule has 0 radical (unpaired) electrons. The maximum absolute atomic E-state index is 12.6. The molecular weight excluding hydrogens is 322 g/mol. The number of carboxylic acid groups (broad SMARTS) is 1. The number of aliphatic carboxylic acids is 1. The molecule has 1 amide bonds. The molecule has 1 saturated heterocycles. The van der Waals surface area contributed by atoms with Gasteiger partial charge < -0.3 is 14.7 Å². The first kappa shape index (κ1) is 17.0. The molecule has 7 heteroatoms. The first-order chi connectivity index (χ1) is 12.0. The summed E-state index contributed by atoms with van der Waals surface area (Å²) >= 11 is 0. The molecule has 25 heavy (non-hydrogen) atoms. The molecule has 1 N–H and O–H groups in total. The zero-order valence-electron chi connectivity index (χ0n) is 14.0. The number of hydrogen-bond acceptors (Lipinski definition) is 4. The summed E-state index contributed by atoms with van der Waals surface area (Å²) in [6, 6.07) is 10.9. The zero-order valence-corrected chi connectivity index (χ0v) is 14.0. The van der Waals surface area contributed by atoms with Crippen LogP contribution in [0.2, 0.25) is 0 Å². The summed E-state index contributed by atoms with van der Waals surface area (Å²) < 4.78 is 7.16. The normalized spacial score (nSPS) is 17.7. The van der Waals surface area contributed by atoms with Crippen molar-refractivity contribution in [1.82, 2.24) is 14.7 Å². The minimum absolute atomic E-state index is 0.136. The van der Waals surface area contributed by atoms with Gasteiger partial charge in [-0.25, -0.2) is 4.79 Å². The third kappa shape index (κ3) is 3.35. The molecule has 1 aromatic carbocycles. The average Bonchev–Trinajstić information content (AvgIpc) is 3.17. The fourth-order valence-electron chi connectivity index (χ4n) is 3.17. The third-order valence-corrected chi connectivity index (χ3v) is 4.65. The van der Waals surface area contributed by atoms with Crippen LogP contribution in [0.15, 0.2) is 48.8 Å². The van der Waals surface area contributed by atoms with Crippen molar-refractivity contribution >= 4 is 11.9 Å². The lowest BCUT2D eigenvalue weighted by molar-refractivity contribution is -0.154. The van der Waals surface area contributed by atoms with Crippen molar-refractivity contribution in [2.24, 2.45) is 0 Å². The quantitative estimate of drug-likeness (QED) is 0.894. The van der Waals surface area contributed by atoms with Gasteiger partial charge in [-0.15, -0.1) is 0 Å². The van der Waals surface area contributed by atoms with Crippen molar-refractivity contribution in [3.05, 3.63) is 48.8 Å². The molecule has 0 bridgehead atoms. The van der Waals surface area contributed by atoms with E-state index in [1.165, 1.54) is 4.68 Å². The highest BCUT2D eigenvalue weighted by molar-refractivity contribution is 5.82. The van der Waals surface area contributed by atoms with Crippen LogP contribution in [0.5, 0.6) is 5.75 Å². The Bertz CT molecular complexity index is 722. The molecule has 1 aromatic heterocycles. The number of benzene rings is 1. The van der Waals surface area contributed by atoms with Crippen LogP contribution in [-0.2, 0) is 15.1 Å². The Morgan fingerprint density at radius 3 is 2.44 bits per heavy atom. The fourth-order valence-corrected chi connectivity index (χ4v) is 3.17. The number of piperidine rings is 1. The number of para-hydroxylation sites is 1. The van der Waals surface area contributed by atoms with E-state index in [-0.39, 0.29) is 5.91 Å². The summed E-state index contributed by atoms with van der Waals surface area (Å²) in [5.74, 6) is -0.419. The molecule has 1 atom stereocenters. The average molecular weight is 343 g/mol. The van der Waals surface area contributed by atoms with Crippen LogP contribution >= 0.6 is 0 Å². The SMILES string of the molecule is CC(Oc1ccccc1)C(=O)N1CCC(C(=O)O)(n2cccn2)CC1. The number of hydrogen-bond donors (Lipinski definition) is 1. The minimum atomic E-state index is -1.09. The Balaban J connectivity index is 1.65. The van der Waals surface area contributed by atoms with Gasteiger partial charge in [0.05, 0.1) is 0 Å². The van der Waals surface area contributed by atoms with Crippen molar-refractivity contribution in [3.63, 3.8) is 0 Å². The monoisotopic (exact) mass is 343 g/mol. The van der Waals surface area contributed by atoms with Crippen LogP contribution in [0.4, 0.5) is 0 Å². The molecule has 1 aliphatic heterocycles. The van der Waals surface area contributed by atoms with Crippen molar-refractivity contribution in [3.8, 4) is 5.75 Å². The number of ether oxygens (including phenoxy) is 1. The number of rotatable bonds is 5. The Kier molecular flexibility index (Phi) is 4.74. The van der Waals surface area contributed by atoms with E-state index in [0.717, 1.165) is 0 Å². The van der Waals surface area contributed by atoms with Crippen LogP contribution in [-0.4, -0.2) is 50.9 Å². The maximum Gasteiger partial charge on any atom is 0.331 e. The van der Waals surface area contributed by atoms with E-state index in [0.29, 0.717) is 31.7 Å². The number of aromatic nitrogens is 2. The van der Waals surface area contributed by atoms with Gasteiger partial charge in [0, 0.05) is 38.3 Å². The van der Waals surface area contributed by atoms with Gasteiger partial charge >= 0.3 is 5.97 Å². The second-order valence-electron chi connectivity index (χ2n) is 6.19. The van der Waals surface area contributed by atoms with E-state index in [9.17, 15) is 14.7 Å². The maximum atomic E-state index is 12.6. The summed E-state index contributed by atoms with van der Waals surface area (Å²) in [6.45, 7) is 2.42. The lowest BCUT2D eigenvalue weighted by Crippen LogP contribution is -2.54. The van der Waals surface area contributed by atoms with Crippen LogP contribution in [0.25, 0.3) is 0 Å². The number of carboxylic acids is 1. The minimum Gasteiger partial charge on any atom is -0.481 e. The molecule has 1 fully saturated rings. The van der Waals surface area contributed by atoms with Crippen molar-refractivity contribution in [2.75, 3.05) is 13.1 Å². The first-order valence-electron chi connectivity index (χ1n) is 8.27. The molecular formula is C18H21N3O4. The molecule has 0 spiro atoms. The van der Waals surface area contributed by atoms with E-state index in [1.54, 1.807) is 42.4 Å². The lowest BCUT2D eigenvalue weighted by Gasteiger charge is -2.39. The second-order valence-corrected chi connectivity index (χ2v) is 6.19. The predicted molar refractivity (Wildman–Crippen MR) is 90.2 cm³/mol. The Labute approximate surface area is 145 Å². The molecule has 0 saturated carbocycles. The summed E-state index contributed by atoms with van der Waals surface area (Å²) in [5.41, 5.74) is -1.09. The second kappa shape index (κ2) is 6.96. The molecule has 7 nitrogen and oxygen atoms in total. The predicted octanol–water partition coefficient (Wildman–Crippen LogP) is 1.75. The summed E-state index contributed by atoms with van der Waals surface area (Å²) in [6.07, 6.45) is 3.23. The highest BCUT2D eigenvalue weighted by atomic mass is 16.5. The fraction of sp³-hybridized carbons (Fsp3) is 0.389. The first-order valence-corrected chi connectivity index (χ1v) is 8.27. The summed E-state index contributed by atoms with van der Waals surface area (Å²) in [7, 11) is 0. The van der Waals surface area contributed by atoms with Gasteiger partial charge in [-0.05, 0) is 25.1 Å². The number of likely N-dealkylation sites (tertiary alicyclic amines) is 1. The number of carbonyl (C=O) groups excluding carboxylic acids is 1. The van der Waals surface area contributed by atoms with E-state index >= 15 is 0 Å². The number of carbonyl (C=O) groups is 2. The summed E-state index contributed by atoms with van der Waals surface area (Å²) in [5, 5.41) is 13.8. The smallest absolute Gasteiger partial charge is 0.331 e. The van der Waals surface area contributed by atoms with Gasteiger partial charge in [0.15, 0.2) is 11.6 Å². The Morgan fingerprint density at radius 2 is 1.88 bits per heavy atom. The molecule has 132 valence electrons. The standard InChI is InChI=1S/C18H21N3O4/c1-14(25-15-6-3-2-4-7-15)16(22)20-12-8-18(9-13-20,17(23)24)21-11-5-10-19-21/h2-7,10-11,14H,8-9,12-13H2,1H3,(H,23,24). The molecule has 0 aliphatic carbocycles. The van der Waals surface area contributed by atoms with Crippen LogP contribution in [0.3, 0.4) is 0 Å².